The van der Waals surface area contributed by atoms with Gasteiger partial charge in [0, 0.05) is 7.05 Å². The van der Waals surface area contributed by atoms with Gasteiger partial charge < -0.3 is 0 Å². The second-order valence-electron chi connectivity index (χ2n) is 2.32. The third-order valence-corrected chi connectivity index (χ3v) is 1.58. The largest absolute Gasteiger partial charge is 0.245 e. The van der Waals surface area contributed by atoms with Gasteiger partial charge in [-0.15, -0.1) is 5.10 Å². The molecule has 0 aliphatic heterocycles. The topological polar surface area (TPSA) is 30.7 Å². The van der Waals surface area contributed by atoms with Crippen molar-refractivity contribution in [2.24, 2.45) is 7.05 Å². The average Bonchev–Trinajstić information content (AvgIpc) is 2.34. The molecule has 0 spiro atoms. The zero-order chi connectivity index (χ0) is 7.84. The number of aromatic nitrogens is 3. The van der Waals surface area contributed by atoms with Crippen LogP contribution in [0.2, 0.25) is 0 Å². The number of fused-ring (bicyclic) bond motifs is 1. The molecule has 0 saturated carbocycles. The van der Waals surface area contributed by atoms with Gasteiger partial charge in [-0.3, -0.25) is 0 Å². The summed E-state index contributed by atoms with van der Waals surface area (Å²) in [4.78, 5) is 0. The molecule has 0 amide bonds. The van der Waals surface area contributed by atoms with Crippen molar-refractivity contribution in [3.8, 4) is 0 Å². The standard InChI is InChI=1S/C7H6FN3/c1-11-7-5(8)3-2-4-6(7)9-10-11/h2-4H,1H3. The SMILES string of the molecule is Cn1nnc2cccc(F)c21. The normalized spacial score (nSPS) is 10.7. The minimum absolute atomic E-state index is 0.282. The van der Waals surface area contributed by atoms with Gasteiger partial charge in [0.2, 0.25) is 0 Å². The average molecular weight is 151 g/mol. The lowest BCUT2D eigenvalue weighted by Crippen LogP contribution is -1.91. The zero-order valence-electron chi connectivity index (χ0n) is 5.95. The first-order valence-electron chi connectivity index (χ1n) is 3.23. The summed E-state index contributed by atoms with van der Waals surface area (Å²) in [6.07, 6.45) is 0. The van der Waals surface area contributed by atoms with Crippen molar-refractivity contribution in [3.05, 3.63) is 24.0 Å². The van der Waals surface area contributed by atoms with Crippen LogP contribution >= 0.6 is 0 Å². The number of hydrogen-bond acceptors (Lipinski definition) is 2. The van der Waals surface area contributed by atoms with Crippen molar-refractivity contribution < 1.29 is 4.39 Å². The van der Waals surface area contributed by atoms with E-state index >= 15 is 0 Å². The van der Waals surface area contributed by atoms with Crippen LogP contribution in [-0.4, -0.2) is 15.0 Å². The Bertz CT molecular complexity index is 393. The number of aryl methyl sites for hydroxylation is 1. The number of rotatable bonds is 0. The molecule has 0 N–H and O–H groups in total. The molecule has 0 fully saturated rings. The molecule has 1 heterocycles. The Morgan fingerprint density at radius 1 is 1.45 bits per heavy atom. The molecule has 56 valence electrons. The molecular formula is C7H6FN3. The van der Waals surface area contributed by atoms with Gasteiger partial charge in [-0.1, -0.05) is 11.3 Å². The molecule has 0 radical (unpaired) electrons. The summed E-state index contributed by atoms with van der Waals surface area (Å²) in [6, 6.07) is 4.74. The fourth-order valence-electron chi connectivity index (χ4n) is 1.06. The second-order valence-corrected chi connectivity index (χ2v) is 2.32. The van der Waals surface area contributed by atoms with Gasteiger partial charge in [-0.05, 0) is 12.1 Å². The van der Waals surface area contributed by atoms with E-state index in [1.165, 1.54) is 10.7 Å². The van der Waals surface area contributed by atoms with E-state index in [1.54, 1.807) is 19.2 Å². The third-order valence-electron chi connectivity index (χ3n) is 1.58. The molecule has 0 aliphatic rings. The summed E-state index contributed by atoms with van der Waals surface area (Å²) in [7, 11) is 1.67. The van der Waals surface area contributed by atoms with Gasteiger partial charge in [0.15, 0.2) is 5.82 Å². The van der Waals surface area contributed by atoms with Crippen LogP contribution in [0, 0.1) is 5.82 Å². The molecule has 0 aliphatic carbocycles. The van der Waals surface area contributed by atoms with E-state index in [1.807, 2.05) is 0 Å². The first-order chi connectivity index (χ1) is 5.29. The molecule has 2 aromatic rings. The van der Waals surface area contributed by atoms with Crippen LogP contribution in [0.4, 0.5) is 4.39 Å². The van der Waals surface area contributed by atoms with Gasteiger partial charge in [-0.25, -0.2) is 9.07 Å². The lowest BCUT2D eigenvalue weighted by Gasteiger charge is -1.91. The number of nitrogens with zero attached hydrogens (tertiary/aromatic N) is 3. The maximum Gasteiger partial charge on any atom is 0.150 e. The van der Waals surface area contributed by atoms with Crippen molar-refractivity contribution in [2.75, 3.05) is 0 Å². The van der Waals surface area contributed by atoms with Crippen molar-refractivity contribution >= 4 is 11.0 Å². The van der Waals surface area contributed by atoms with Crippen LogP contribution in [0.5, 0.6) is 0 Å². The Kier molecular flexibility index (Phi) is 1.15. The van der Waals surface area contributed by atoms with E-state index in [9.17, 15) is 4.39 Å². The van der Waals surface area contributed by atoms with Crippen molar-refractivity contribution in [2.45, 2.75) is 0 Å². The Labute approximate surface area is 62.4 Å². The van der Waals surface area contributed by atoms with Crippen LogP contribution in [-0.2, 0) is 7.05 Å². The predicted octanol–water partition coefficient (Wildman–Crippen LogP) is 1.11. The lowest BCUT2D eigenvalue weighted by molar-refractivity contribution is 0.623. The van der Waals surface area contributed by atoms with Gasteiger partial charge in [0.25, 0.3) is 0 Å². The molecule has 2 rings (SSSR count). The molecule has 0 bridgehead atoms. The Balaban J connectivity index is 2.96. The van der Waals surface area contributed by atoms with Gasteiger partial charge in [0.1, 0.15) is 11.0 Å². The van der Waals surface area contributed by atoms with Crippen LogP contribution in [0.1, 0.15) is 0 Å². The summed E-state index contributed by atoms with van der Waals surface area (Å²) in [5, 5.41) is 7.44. The second kappa shape index (κ2) is 2.02. The molecule has 3 nitrogen and oxygen atoms in total. The van der Waals surface area contributed by atoms with Crippen molar-refractivity contribution in [3.63, 3.8) is 0 Å². The molecule has 0 unspecified atom stereocenters. The van der Waals surface area contributed by atoms with Crippen molar-refractivity contribution in [1.29, 1.82) is 0 Å². The van der Waals surface area contributed by atoms with Crippen LogP contribution < -0.4 is 0 Å². The zero-order valence-corrected chi connectivity index (χ0v) is 5.95. The maximum atomic E-state index is 13.0. The van der Waals surface area contributed by atoms with E-state index < -0.39 is 0 Å². The molecule has 11 heavy (non-hydrogen) atoms. The Morgan fingerprint density at radius 3 is 3.00 bits per heavy atom. The first-order valence-corrected chi connectivity index (χ1v) is 3.23. The van der Waals surface area contributed by atoms with E-state index in [-0.39, 0.29) is 5.82 Å². The number of benzene rings is 1. The molecule has 0 saturated heterocycles. The van der Waals surface area contributed by atoms with Crippen molar-refractivity contribution in [1.82, 2.24) is 15.0 Å². The molecule has 4 heteroatoms. The Morgan fingerprint density at radius 2 is 2.27 bits per heavy atom. The quantitative estimate of drug-likeness (QED) is 0.564. The van der Waals surface area contributed by atoms with Crippen LogP contribution in [0.15, 0.2) is 18.2 Å². The maximum absolute atomic E-state index is 13.0. The van der Waals surface area contributed by atoms with Gasteiger partial charge in [-0.2, -0.15) is 0 Å². The highest BCUT2D eigenvalue weighted by molar-refractivity contribution is 5.74. The first kappa shape index (κ1) is 6.27. The summed E-state index contributed by atoms with van der Waals surface area (Å²) in [5.74, 6) is -0.282. The molecule has 1 aromatic heterocycles. The van der Waals surface area contributed by atoms with Crippen LogP contribution in [0.3, 0.4) is 0 Å². The fraction of sp³-hybridized carbons (Fsp3) is 0.143. The number of para-hydroxylation sites is 1. The molecule has 0 atom stereocenters. The highest BCUT2D eigenvalue weighted by Gasteiger charge is 2.04. The lowest BCUT2D eigenvalue weighted by atomic mass is 10.3. The highest BCUT2D eigenvalue weighted by Crippen LogP contribution is 2.12. The van der Waals surface area contributed by atoms with Crippen LogP contribution in [0.25, 0.3) is 11.0 Å². The molecule has 1 aromatic carbocycles. The van der Waals surface area contributed by atoms with E-state index in [0.29, 0.717) is 11.0 Å². The van der Waals surface area contributed by atoms with E-state index in [4.69, 9.17) is 0 Å². The number of hydrogen-bond donors (Lipinski definition) is 0. The predicted molar refractivity (Wildman–Crippen MR) is 38.5 cm³/mol. The minimum Gasteiger partial charge on any atom is -0.245 e. The minimum atomic E-state index is -0.282. The molecular weight excluding hydrogens is 145 g/mol. The summed E-state index contributed by atoms with van der Waals surface area (Å²) < 4.78 is 14.4. The fourth-order valence-corrected chi connectivity index (χ4v) is 1.06. The van der Waals surface area contributed by atoms with E-state index in [0.717, 1.165) is 0 Å². The number of halogens is 1. The monoisotopic (exact) mass is 151 g/mol. The van der Waals surface area contributed by atoms with E-state index in [2.05, 4.69) is 10.3 Å². The van der Waals surface area contributed by atoms with Gasteiger partial charge in [0.05, 0.1) is 0 Å². The Hall–Kier alpha value is -1.45. The smallest absolute Gasteiger partial charge is 0.150 e. The summed E-state index contributed by atoms with van der Waals surface area (Å²) >= 11 is 0. The summed E-state index contributed by atoms with van der Waals surface area (Å²) in [6.45, 7) is 0. The highest BCUT2D eigenvalue weighted by atomic mass is 19.1. The van der Waals surface area contributed by atoms with Gasteiger partial charge >= 0.3 is 0 Å². The summed E-state index contributed by atoms with van der Waals surface area (Å²) in [5.41, 5.74) is 1.04. The third kappa shape index (κ3) is 0.790.